The van der Waals surface area contributed by atoms with Gasteiger partial charge in [-0.3, -0.25) is 10.4 Å². The van der Waals surface area contributed by atoms with E-state index in [1.807, 2.05) is 11.8 Å². The van der Waals surface area contributed by atoms with E-state index in [4.69, 9.17) is 11.6 Å². The quantitative estimate of drug-likeness (QED) is 0.248. The number of nitrogens with one attached hydrogen (secondary N) is 1. The highest BCUT2D eigenvalue weighted by atomic mass is 32.2. The van der Waals surface area contributed by atoms with Crippen molar-refractivity contribution in [1.29, 1.82) is 0 Å². The van der Waals surface area contributed by atoms with Gasteiger partial charge in [0.05, 0.1) is 6.54 Å². The lowest BCUT2D eigenvalue weighted by Crippen LogP contribution is -2.38. The van der Waals surface area contributed by atoms with Gasteiger partial charge in [-0.25, -0.2) is 5.84 Å². The van der Waals surface area contributed by atoms with Gasteiger partial charge in [0.25, 0.3) is 0 Å². The van der Waals surface area contributed by atoms with E-state index >= 15 is 0 Å². The third-order valence-electron chi connectivity index (χ3n) is 2.03. The third kappa shape index (κ3) is 2.57. The molecule has 0 aromatic carbocycles. The van der Waals surface area contributed by atoms with Crippen molar-refractivity contribution in [3.8, 4) is 0 Å². The molecule has 0 amide bonds. The molecule has 5 heteroatoms. The van der Waals surface area contributed by atoms with Crippen LogP contribution in [-0.4, -0.2) is 23.0 Å². The molecule has 1 unspecified atom stereocenters. The summed E-state index contributed by atoms with van der Waals surface area (Å²) < 4.78 is 0.279. The zero-order chi connectivity index (χ0) is 9.03. The molecular weight excluding hydrogens is 172 g/mol. The molecule has 70 valence electrons. The molecule has 1 saturated heterocycles. The van der Waals surface area contributed by atoms with Crippen molar-refractivity contribution in [3.63, 3.8) is 0 Å². The molecule has 0 bridgehead atoms. The second-order valence-corrected chi connectivity index (χ2v) is 4.93. The molecule has 0 spiro atoms. The lowest BCUT2D eigenvalue weighted by Gasteiger charge is -2.19. The molecule has 0 aromatic rings. The summed E-state index contributed by atoms with van der Waals surface area (Å²) in [7, 11) is 0. The second-order valence-electron chi connectivity index (χ2n) is 3.25. The summed E-state index contributed by atoms with van der Waals surface area (Å²) in [5, 5.41) is 0. The third-order valence-corrected chi connectivity index (χ3v) is 3.56. The van der Waals surface area contributed by atoms with Gasteiger partial charge in [0.2, 0.25) is 5.96 Å². The summed E-state index contributed by atoms with van der Waals surface area (Å²) >= 11 is 1.97. The van der Waals surface area contributed by atoms with Gasteiger partial charge >= 0.3 is 0 Å². The smallest absolute Gasteiger partial charge is 0.203 e. The molecule has 1 aliphatic heterocycles. The Morgan fingerprint density at radius 3 is 3.00 bits per heavy atom. The number of rotatable bonds is 2. The van der Waals surface area contributed by atoms with Crippen molar-refractivity contribution >= 4 is 17.7 Å². The normalized spacial score (nSPS) is 30.7. The fourth-order valence-electron chi connectivity index (χ4n) is 1.26. The molecule has 0 radical (unpaired) electrons. The predicted octanol–water partition coefficient (Wildman–Crippen LogP) is 0.0501. The molecule has 1 aliphatic rings. The molecule has 12 heavy (non-hydrogen) atoms. The van der Waals surface area contributed by atoms with Crippen LogP contribution in [0.25, 0.3) is 0 Å². The summed E-state index contributed by atoms with van der Waals surface area (Å²) in [5.41, 5.74) is 7.74. The van der Waals surface area contributed by atoms with Crippen LogP contribution < -0.4 is 17.0 Å². The first kappa shape index (κ1) is 9.67. The topological polar surface area (TPSA) is 76.4 Å². The number of hydrogen-bond acceptors (Lipinski definition) is 3. The van der Waals surface area contributed by atoms with E-state index in [0.29, 0.717) is 5.96 Å². The molecule has 0 aliphatic carbocycles. The zero-order valence-corrected chi connectivity index (χ0v) is 8.16. The molecule has 1 heterocycles. The number of nitrogens with two attached hydrogens (primary N) is 2. The summed E-state index contributed by atoms with van der Waals surface area (Å²) in [6.07, 6.45) is 2.51. The highest BCUT2D eigenvalue weighted by Gasteiger charge is 2.28. The van der Waals surface area contributed by atoms with Gasteiger partial charge in [-0.05, 0) is 25.5 Å². The van der Waals surface area contributed by atoms with Crippen LogP contribution in [0.2, 0.25) is 0 Å². The minimum Gasteiger partial charge on any atom is -0.369 e. The lowest BCUT2D eigenvalue weighted by atomic mass is 10.1. The standard InChI is InChI=1S/C7H16N4S/c1-7(3-2-4-12-7)5-10-6(8)11-9/h2-5,9H2,1H3,(H3,8,10,11). The Kier molecular flexibility index (Phi) is 3.22. The number of aliphatic imine (C=N–C) groups is 1. The molecular formula is C7H16N4S. The molecule has 0 aromatic heterocycles. The van der Waals surface area contributed by atoms with Gasteiger partial charge in [0.1, 0.15) is 0 Å². The highest BCUT2D eigenvalue weighted by molar-refractivity contribution is 8.00. The minimum absolute atomic E-state index is 0.279. The first-order chi connectivity index (χ1) is 5.66. The number of guanidine groups is 1. The number of hydrogen-bond donors (Lipinski definition) is 3. The maximum absolute atomic E-state index is 5.41. The van der Waals surface area contributed by atoms with E-state index in [0.717, 1.165) is 6.54 Å². The van der Waals surface area contributed by atoms with E-state index in [-0.39, 0.29) is 4.75 Å². The van der Waals surface area contributed by atoms with Crippen LogP contribution >= 0.6 is 11.8 Å². The number of hydrazine groups is 1. The minimum atomic E-state index is 0.279. The largest absolute Gasteiger partial charge is 0.369 e. The van der Waals surface area contributed by atoms with Crippen LogP contribution in [0, 0.1) is 0 Å². The van der Waals surface area contributed by atoms with Gasteiger partial charge in [0.15, 0.2) is 0 Å². The van der Waals surface area contributed by atoms with E-state index in [1.165, 1.54) is 18.6 Å². The monoisotopic (exact) mass is 188 g/mol. The van der Waals surface area contributed by atoms with Crippen molar-refractivity contribution in [2.45, 2.75) is 24.5 Å². The van der Waals surface area contributed by atoms with Crippen LogP contribution in [0.1, 0.15) is 19.8 Å². The SMILES string of the molecule is CC1(CN=C(N)NN)CCCS1. The Morgan fingerprint density at radius 1 is 1.75 bits per heavy atom. The lowest BCUT2D eigenvalue weighted by molar-refractivity contribution is 0.617. The fourth-order valence-corrected chi connectivity index (χ4v) is 2.49. The summed E-state index contributed by atoms with van der Waals surface area (Å²) in [5.74, 6) is 6.65. The van der Waals surface area contributed by atoms with Gasteiger partial charge in [-0.15, -0.1) is 0 Å². The second kappa shape index (κ2) is 4.00. The maximum Gasteiger partial charge on any atom is 0.203 e. The van der Waals surface area contributed by atoms with Crippen LogP contribution in [0.3, 0.4) is 0 Å². The first-order valence-corrected chi connectivity index (χ1v) is 5.05. The van der Waals surface area contributed by atoms with Gasteiger partial charge in [-0.2, -0.15) is 11.8 Å². The van der Waals surface area contributed by atoms with Gasteiger partial charge in [0, 0.05) is 4.75 Å². The van der Waals surface area contributed by atoms with Crippen LogP contribution in [0.15, 0.2) is 4.99 Å². The van der Waals surface area contributed by atoms with Gasteiger partial charge in [-0.1, -0.05) is 0 Å². The number of nitrogens with zero attached hydrogens (tertiary/aromatic N) is 1. The van der Waals surface area contributed by atoms with E-state index in [2.05, 4.69) is 17.3 Å². The molecule has 5 N–H and O–H groups in total. The van der Waals surface area contributed by atoms with Crippen molar-refractivity contribution in [2.75, 3.05) is 12.3 Å². The van der Waals surface area contributed by atoms with Crippen molar-refractivity contribution in [3.05, 3.63) is 0 Å². The summed E-state index contributed by atoms with van der Waals surface area (Å²) in [4.78, 5) is 4.13. The molecule has 1 rings (SSSR count). The Bertz CT molecular complexity index is 174. The Labute approximate surface area is 77.1 Å². The predicted molar refractivity (Wildman–Crippen MR) is 53.9 cm³/mol. The highest BCUT2D eigenvalue weighted by Crippen LogP contribution is 2.37. The van der Waals surface area contributed by atoms with Crippen molar-refractivity contribution in [2.24, 2.45) is 16.6 Å². The molecule has 0 saturated carbocycles. The maximum atomic E-state index is 5.41. The summed E-state index contributed by atoms with van der Waals surface area (Å²) in [6, 6.07) is 0. The van der Waals surface area contributed by atoms with Crippen LogP contribution in [0.5, 0.6) is 0 Å². The molecule has 1 atom stereocenters. The van der Waals surface area contributed by atoms with Gasteiger partial charge < -0.3 is 5.73 Å². The Balaban J connectivity index is 2.39. The van der Waals surface area contributed by atoms with Crippen LogP contribution in [0.4, 0.5) is 0 Å². The first-order valence-electron chi connectivity index (χ1n) is 4.07. The molecule has 1 fully saturated rings. The van der Waals surface area contributed by atoms with E-state index in [9.17, 15) is 0 Å². The Morgan fingerprint density at radius 2 is 2.50 bits per heavy atom. The fraction of sp³-hybridized carbons (Fsp3) is 0.857. The molecule has 4 nitrogen and oxygen atoms in total. The number of thioether (sulfide) groups is 1. The van der Waals surface area contributed by atoms with Crippen molar-refractivity contribution < 1.29 is 0 Å². The van der Waals surface area contributed by atoms with E-state index < -0.39 is 0 Å². The average molecular weight is 188 g/mol. The Hall–Kier alpha value is -0.420. The summed E-state index contributed by atoms with van der Waals surface area (Å²) in [6.45, 7) is 2.98. The van der Waals surface area contributed by atoms with Crippen LogP contribution in [-0.2, 0) is 0 Å². The average Bonchev–Trinajstić information content (AvgIpc) is 2.49. The zero-order valence-electron chi connectivity index (χ0n) is 7.34. The van der Waals surface area contributed by atoms with E-state index in [1.54, 1.807) is 0 Å². The van der Waals surface area contributed by atoms with Crippen molar-refractivity contribution in [1.82, 2.24) is 5.43 Å².